The SMILES string of the molecule is Cc1cccc(NC(CN)c2ccc(F)cc2Cl)c1. The second-order valence-corrected chi connectivity index (χ2v) is 4.88. The molecule has 0 radical (unpaired) electrons. The summed E-state index contributed by atoms with van der Waals surface area (Å²) in [6, 6.07) is 12.2. The van der Waals surface area contributed by atoms with Gasteiger partial charge in [0.05, 0.1) is 6.04 Å². The van der Waals surface area contributed by atoms with Gasteiger partial charge in [-0.05, 0) is 42.3 Å². The second kappa shape index (κ2) is 6.04. The minimum absolute atomic E-state index is 0.144. The topological polar surface area (TPSA) is 38.0 Å². The molecule has 1 atom stereocenters. The molecule has 2 aromatic rings. The molecule has 0 fully saturated rings. The highest BCUT2D eigenvalue weighted by Gasteiger charge is 2.13. The molecule has 0 bridgehead atoms. The molecular formula is C15H16ClFN2. The quantitative estimate of drug-likeness (QED) is 0.890. The third-order valence-corrected chi connectivity index (χ3v) is 3.26. The summed E-state index contributed by atoms with van der Waals surface area (Å²) >= 11 is 6.06. The van der Waals surface area contributed by atoms with Crippen molar-refractivity contribution in [3.8, 4) is 0 Å². The molecule has 2 rings (SSSR count). The number of rotatable bonds is 4. The van der Waals surface area contributed by atoms with Crippen LogP contribution in [-0.2, 0) is 0 Å². The number of halogens is 2. The van der Waals surface area contributed by atoms with Gasteiger partial charge in [0.2, 0.25) is 0 Å². The van der Waals surface area contributed by atoms with E-state index in [1.165, 1.54) is 12.1 Å². The first-order valence-corrected chi connectivity index (χ1v) is 6.46. The molecule has 100 valence electrons. The highest BCUT2D eigenvalue weighted by Crippen LogP contribution is 2.26. The maximum absolute atomic E-state index is 13.1. The van der Waals surface area contributed by atoms with Crippen LogP contribution in [0, 0.1) is 12.7 Å². The predicted octanol–water partition coefficient (Wildman–Crippen LogP) is 3.90. The summed E-state index contributed by atoms with van der Waals surface area (Å²) in [7, 11) is 0. The van der Waals surface area contributed by atoms with Gasteiger partial charge in [0.15, 0.2) is 0 Å². The Labute approximate surface area is 117 Å². The van der Waals surface area contributed by atoms with Gasteiger partial charge in [-0.2, -0.15) is 0 Å². The van der Waals surface area contributed by atoms with Gasteiger partial charge >= 0.3 is 0 Å². The lowest BCUT2D eigenvalue weighted by atomic mass is 10.1. The summed E-state index contributed by atoms with van der Waals surface area (Å²) < 4.78 is 13.1. The summed E-state index contributed by atoms with van der Waals surface area (Å²) in [5, 5.41) is 3.70. The van der Waals surface area contributed by atoms with Crippen LogP contribution in [0.1, 0.15) is 17.2 Å². The van der Waals surface area contributed by atoms with Crippen molar-refractivity contribution in [3.05, 3.63) is 64.4 Å². The molecule has 0 amide bonds. The number of hydrogen-bond donors (Lipinski definition) is 2. The van der Waals surface area contributed by atoms with Gasteiger partial charge in [0, 0.05) is 17.3 Å². The minimum Gasteiger partial charge on any atom is -0.377 e. The van der Waals surface area contributed by atoms with E-state index in [4.69, 9.17) is 17.3 Å². The van der Waals surface area contributed by atoms with Crippen molar-refractivity contribution in [2.45, 2.75) is 13.0 Å². The highest BCUT2D eigenvalue weighted by molar-refractivity contribution is 6.31. The first kappa shape index (κ1) is 13.8. The van der Waals surface area contributed by atoms with Crippen molar-refractivity contribution in [1.82, 2.24) is 0 Å². The molecule has 0 saturated heterocycles. The number of hydrogen-bond acceptors (Lipinski definition) is 2. The molecule has 0 aromatic heterocycles. The maximum Gasteiger partial charge on any atom is 0.124 e. The maximum atomic E-state index is 13.1. The van der Waals surface area contributed by atoms with Crippen LogP contribution < -0.4 is 11.1 Å². The molecule has 0 aliphatic rings. The Bertz CT molecular complexity index is 572. The molecule has 0 heterocycles. The molecule has 4 heteroatoms. The highest BCUT2D eigenvalue weighted by atomic mass is 35.5. The Morgan fingerprint density at radius 1 is 1.26 bits per heavy atom. The minimum atomic E-state index is -0.347. The second-order valence-electron chi connectivity index (χ2n) is 4.47. The first-order chi connectivity index (χ1) is 9.10. The van der Waals surface area contributed by atoms with Crippen LogP contribution in [-0.4, -0.2) is 6.54 Å². The normalized spacial score (nSPS) is 12.2. The Morgan fingerprint density at radius 2 is 2.05 bits per heavy atom. The fraction of sp³-hybridized carbons (Fsp3) is 0.200. The van der Waals surface area contributed by atoms with Gasteiger partial charge in [-0.1, -0.05) is 29.8 Å². The molecule has 2 nitrogen and oxygen atoms in total. The summed E-state index contributed by atoms with van der Waals surface area (Å²) in [5.74, 6) is -0.347. The van der Waals surface area contributed by atoms with Crippen molar-refractivity contribution in [2.24, 2.45) is 5.73 Å². The Morgan fingerprint density at radius 3 is 2.68 bits per heavy atom. The van der Waals surface area contributed by atoms with Gasteiger partial charge < -0.3 is 11.1 Å². The lowest BCUT2D eigenvalue weighted by Crippen LogP contribution is -2.21. The van der Waals surface area contributed by atoms with Crippen molar-refractivity contribution >= 4 is 17.3 Å². The van der Waals surface area contributed by atoms with Gasteiger partial charge in [-0.25, -0.2) is 4.39 Å². The van der Waals surface area contributed by atoms with E-state index in [0.29, 0.717) is 11.6 Å². The van der Waals surface area contributed by atoms with Crippen LogP contribution >= 0.6 is 11.6 Å². The van der Waals surface area contributed by atoms with E-state index < -0.39 is 0 Å². The van der Waals surface area contributed by atoms with E-state index >= 15 is 0 Å². The lowest BCUT2D eigenvalue weighted by Gasteiger charge is -2.20. The fourth-order valence-electron chi connectivity index (χ4n) is 1.98. The number of nitrogens with one attached hydrogen (secondary N) is 1. The van der Waals surface area contributed by atoms with Crippen molar-refractivity contribution in [1.29, 1.82) is 0 Å². The van der Waals surface area contributed by atoms with Gasteiger partial charge in [-0.15, -0.1) is 0 Å². The average molecular weight is 279 g/mol. The summed E-state index contributed by atoms with van der Waals surface area (Å²) in [5.41, 5.74) is 8.71. The van der Waals surface area contributed by atoms with Gasteiger partial charge in [-0.3, -0.25) is 0 Å². The predicted molar refractivity (Wildman–Crippen MR) is 78.0 cm³/mol. The zero-order chi connectivity index (χ0) is 13.8. The van der Waals surface area contributed by atoms with Gasteiger partial charge in [0.1, 0.15) is 5.82 Å². The fourth-order valence-corrected chi connectivity index (χ4v) is 2.28. The number of anilines is 1. The van der Waals surface area contributed by atoms with E-state index in [9.17, 15) is 4.39 Å². The largest absolute Gasteiger partial charge is 0.377 e. The van der Waals surface area contributed by atoms with Crippen LogP contribution in [0.5, 0.6) is 0 Å². The monoisotopic (exact) mass is 278 g/mol. The number of benzene rings is 2. The van der Waals surface area contributed by atoms with Crippen LogP contribution in [0.4, 0.5) is 10.1 Å². The van der Waals surface area contributed by atoms with E-state index in [1.54, 1.807) is 6.07 Å². The molecule has 0 aliphatic carbocycles. The molecule has 19 heavy (non-hydrogen) atoms. The van der Waals surface area contributed by atoms with E-state index in [0.717, 1.165) is 16.8 Å². The Kier molecular flexibility index (Phi) is 4.40. The van der Waals surface area contributed by atoms with Crippen LogP contribution in [0.15, 0.2) is 42.5 Å². The number of aryl methyl sites for hydroxylation is 1. The smallest absolute Gasteiger partial charge is 0.124 e. The molecule has 0 aliphatic heterocycles. The van der Waals surface area contributed by atoms with Crippen LogP contribution in [0.25, 0.3) is 0 Å². The molecule has 2 aromatic carbocycles. The van der Waals surface area contributed by atoms with Crippen LogP contribution in [0.2, 0.25) is 5.02 Å². The van der Waals surface area contributed by atoms with E-state index in [1.807, 2.05) is 31.2 Å². The third-order valence-electron chi connectivity index (χ3n) is 2.93. The van der Waals surface area contributed by atoms with Crippen molar-refractivity contribution in [2.75, 3.05) is 11.9 Å². The Hall–Kier alpha value is -1.58. The van der Waals surface area contributed by atoms with Crippen molar-refractivity contribution < 1.29 is 4.39 Å². The summed E-state index contributed by atoms with van der Waals surface area (Å²) in [6.45, 7) is 2.40. The molecule has 1 unspecified atom stereocenters. The zero-order valence-electron chi connectivity index (χ0n) is 10.7. The standard InChI is InChI=1S/C15H16ClFN2/c1-10-3-2-4-12(7-10)19-15(9-18)13-6-5-11(17)8-14(13)16/h2-8,15,19H,9,18H2,1H3. The lowest BCUT2D eigenvalue weighted by molar-refractivity contribution is 0.626. The summed E-state index contributed by atoms with van der Waals surface area (Å²) in [4.78, 5) is 0. The van der Waals surface area contributed by atoms with Gasteiger partial charge in [0.25, 0.3) is 0 Å². The molecule has 0 saturated carbocycles. The molecule has 0 spiro atoms. The Balaban J connectivity index is 2.25. The third kappa shape index (κ3) is 3.46. The molecular weight excluding hydrogens is 263 g/mol. The summed E-state index contributed by atoms with van der Waals surface area (Å²) in [6.07, 6.45) is 0. The molecule has 3 N–H and O–H groups in total. The van der Waals surface area contributed by atoms with E-state index in [-0.39, 0.29) is 11.9 Å². The number of nitrogens with two attached hydrogens (primary N) is 1. The van der Waals surface area contributed by atoms with Crippen LogP contribution in [0.3, 0.4) is 0 Å². The van der Waals surface area contributed by atoms with Crippen molar-refractivity contribution in [3.63, 3.8) is 0 Å². The first-order valence-electron chi connectivity index (χ1n) is 6.08. The van der Waals surface area contributed by atoms with E-state index in [2.05, 4.69) is 5.32 Å². The zero-order valence-corrected chi connectivity index (χ0v) is 11.4. The average Bonchev–Trinajstić information content (AvgIpc) is 2.37.